The van der Waals surface area contributed by atoms with Crippen LogP contribution in [0.4, 0.5) is 5.82 Å². The van der Waals surface area contributed by atoms with Crippen molar-refractivity contribution in [3.05, 3.63) is 23.9 Å². The molecule has 1 aromatic rings. The molecule has 0 saturated carbocycles. The topological polar surface area (TPSA) is 76.3 Å². The number of aromatic nitrogens is 1. The van der Waals surface area contributed by atoms with Gasteiger partial charge in [-0.3, -0.25) is 0 Å². The van der Waals surface area contributed by atoms with Crippen molar-refractivity contribution < 1.29 is 8.42 Å². The lowest BCUT2D eigenvalue weighted by Crippen LogP contribution is -2.48. The number of sulfone groups is 1. The van der Waals surface area contributed by atoms with Gasteiger partial charge in [0.05, 0.1) is 0 Å². The van der Waals surface area contributed by atoms with Crippen LogP contribution in [0.2, 0.25) is 0 Å². The molecule has 20 heavy (non-hydrogen) atoms. The Kier molecular flexibility index (Phi) is 4.93. The van der Waals surface area contributed by atoms with E-state index >= 15 is 0 Å². The number of pyridine rings is 1. The van der Waals surface area contributed by atoms with Crippen LogP contribution in [0.3, 0.4) is 0 Å². The first kappa shape index (κ1) is 15.6. The number of rotatable bonds is 4. The Bertz CT molecular complexity index is 560. The van der Waals surface area contributed by atoms with Gasteiger partial charge in [0.25, 0.3) is 0 Å². The van der Waals surface area contributed by atoms with E-state index < -0.39 is 15.2 Å². The molecule has 1 aliphatic heterocycles. The molecule has 1 aromatic heterocycles. The van der Waals surface area contributed by atoms with E-state index in [1.807, 2.05) is 24.0 Å². The Hall–Kier alpha value is -0.790. The molecule has 2 rings (SSSR count). The van der Waals surface area contributed by atoms with Crippen molar-refractivity contribution in [1.29, 1.82) is 0 Å². The normalized spacial score (nSPS) is 21.8. The van der Waals surface area contributed by atoms with E-state index in [2.05, 4.69) is 4.98 Å². The van der Waals surface area contributed by atoms with E-state index in [0.29, 0.717) is 18.1 Å². The van der Waals surface area contributed by atoms with Crippen LogP contribution in [0.25, 0.3) is 0 Å². The van der Waals surface area contributed by atoms with Gasteiger partial charge in [-0.25, -0.2) is 13.4 Å². The quantitative estimate of drug-likeness (QED) is 0.905. The molecule has 2 heterocycles. The fourth-order valence-electron chi connectivity index (χ4n) is 2.32. The number of thioether (sulfide) groups is 1. The summed E-state index contributed by atoms with van der Waals surface area (Å²) in [5.41, 5.74) is 6.89. The molecular weight excluding hydrogens is 294 g/mol. The maximum absolute atomic E-state index is 12.3. The Balaban J connectivity index is 2.43. The molecule has 0 amide bonds. The molecule has 0 spiro atoms. The Morgan fingerprint density at radius 3 is 3.00 bits per heavy atom. The highest BCUT2D eigenvalue weighted by Crippen LogP contribution is 2.30. The fourth-order valence-corrected chi connectivity index (χ4v) is 5.29. The van der Waals surface area contributed by atoms with E-state index in [-0.39, 0.29) is 11.8 Å². The minimum absolute atomic E-state index is 0.148. The molecule has 0 radical (unpaired) electrons. The molecule has 0 aromatic carbocycles. The molecule has 1 aliphatic rings. The van der Waals surface area contributed by atoms with Crippen LogP contribution < -0.4 is 10.6 Å². The maximum atomic E-state index is 12.3. The largest absolute Gasteiger partial charge is 0.338 e. The van der Waals surface area contributed by atoms with E-state index in [1.165, 1.54) is 0 Å². The average molecular weight is 315 g/mol. The molecule has 1 saturated heterocycles. The van der Waals surface area contributed by atoms with Gasteiger partial charge in [0.2, 0.25) is 0 Å². The van der Waals surface area contributed by atoms with Crippen LogP contribution in [0.5, 0.6) is 0 Å². The molecule has 1 fully saturated rings. The summed E-state index contributed by atoms with van der Waals surface area (Å²) < 4.78 is 24.6. The summed E-state index contributed by atoms with van der Waals surface area (Å²) in [5.74, 6) is 2.36. The zero-order valence-corrected chi connectivity index (χ0v) is 13.5. The number of hydrogen-bond donors (Lipinski definition) is 1. The third kappa shape index (κ3) is 3.10. The first-order valence-electron chi connectivity index (χ1n) is 6.73. The van der Waals surface area contributed by atoms with Gasteiger partial charge in [0, 0.05) is 41.6 Å². The lowest BCUT2D eigenvalue weighted by atomic mass is 10.1. The number of anilines is 1. The summed E-state index contributed by atoms with van der Waals surface area (Å²) in [5, 5.41) is -0.501. The first-order chi connectivity index (χ1) is 9.47. The second-order valence-corrected chi connectivity index (χ2v) is 8.48. The van der Waals surface area contributed by atoms with Crippen LogP contribution in [0, 0.1) is 0 Å². The highest BCUT2D eigenvalue weighted by molar-refractivity contribution is 8.01. The van der Waals surface area contributed by atoms with Crippen LogP contribution >= 0.6 is 11.8 Å². The Morgan fingerprint density at radius 2 is 2.35 bits per heavy atom. The summed E-state index contributed by atoms with van der Waals surface area (Å²) in [6.45, 7) is 4.27. The molecular formula is C13H21N3O2S2. The third-order valence-corrected chi connectivity index (χ3v) is 6.77. The summed E-state index contributed by atoms with van der Waals surface area (Å²) in [4.78, 5) is 6.30. The van der Waals surface area contributed by atoms with Crippen molar-refractivity contribution in [3.8, 4) is 0 Å². The van der Waals surface area contributed by atoms with E-state index in [0.717, 1.165) is 11.3 Å². The summed E-state index contributed by atoms with van der Waals surface area (Å²) in [6.07, 6.45) is 1.69. The Labute approximate surface area is 124 Å². The predicted molar refractivity (Wildman–Crippen MR) is 84.8 cm³/mol. The van der Waals surface area contributed by atoms with Gasteiger partial charge in [-0.2, -0.15) is 11.8 Å². The lowest BCUT2D eigenvalue weighted by Gasteiger charge is -2.37. The van der Waals surface area contributed by atoms with Crippen molar-refractivity contribution in [1.82, 2.24) is 4.98 Å². The van der Waals surface area contributed by atoms with E-state index in [9.17, 15) is 8.42 Å². The number of nitrogens with two attached hydrogens (primary N) is 1. The molecule has 112 valence electrons. The standard InChI is InChI=1S/C13H21N3O2S2/c1-3-20(17,18)12-9-19-8-7-16(12)13-11(10(2)14)5-4-6-15-13/h4-6,10,12H,3,7-9,14H2,1-2H3. The first-order valence-corrected chi connectivity index (χ1v) is 9.61. The summed E-state index contributed by atoms with van der Waals surface area (Å²) >= 11 is 1.68. The van der Waals surface area contributed by atoms with Crippen LogP contribution in [-0.2, 0) is 9.84 Å². The van der Waals surface area contributed by atoms with E-state index in [1.54, 1.807) is 24.9 Å². The highest BCUT2D eigenvalue weighted by Gasteiger charge is 2.34. The molecule has 0 aliphatic carbocycles. The SMILES string of the molecule is CCS(=O)(=O)C1CSCCN1c1ncccc1C(C)N. The summed E-state index contributed by atoms with van der Waals surface area (Å²) in [6, 6.07) is 3.59. The second kappa shape index (κ2) is 6.32. The van der Waals surface area contributed by atoms with Crippen molar-refractivity contribution in [3.63, 3.8) is 0 Å². The number of hydrogen-bond acceptors (Lipinski definition) is 6. The van der Waals surface area contributed by atoms with Crippen molar-refractivity contribution >= 4 is 27.4 Å². The molecule has 0 bridgehead atoms. The zero-order valence-electron chi connectivity index (χ0n) is 11.8. The molecule has 5 nitrogen and oxygen atoms in total. The van der Waals surface area contributed by atoms with Gasteiger partial charge in [0.1, 0.15) is 11.2 Å². The van der Waals surface area contributed by atoms with Gasteiger partial charge in [-0.15, -0.1) is 0 Å². The van der Waals surface area contributed by atoms with Crippen LogP contribution in [0.1, 0.15) is 25.5 Å². The van der Waals surface area contributed by atoms with Crippen molar-refractivity contribution in [2.24, 2.45) is 5.73 Å². The smallest absolute Gasteiger partial charge is 0.171 e. The maximum Gasteiger partial charge on any atom is 0.171 e. The summed E-state index contributed by atoms with van der Waals surface area (Å²) in [7, 11) is -3.14. The molecule has 2 N–H and O–H groups in total. The zero-order chi connectivity index (χ0) is 14.8. The lowest BCUT2D eigenvalue weighted by molar-refractivity contribution is 0.578. The minimum atomic E-state index is -3.14. The molecule has 2 atom stereocenters. The van der Waals surface area contributed by atoms with Gasteiger partial charge >= 0.3 is 0 Å². The number of nitrogens with zero attached hydrogens (tertiary/aromatic N) is 2. The van der Waals surface area contributed by atoms with Crippen molar-refractivity contribution in [2.75, 3.05) is 28.7 Å². The van der Waals surface area contributed by atoms with Crippen LogP contribution in [0.15, 0.2) is 18.3 Å². The van der Waals surface area contributed by atoms with Crippen molar-refractivity contribution in [2.45, 2.75) is 25.3 Å². The van der Waals surface area contributed by atoms with E-state index in [4.69, 9.17) is 5.73 Å². The molecule has 7 heteroatoms. The van der Waals surface area contributed by atoms with Gasteiger partial charge < -0.3 is 10.6 Å². The molecule has 2 unspecified atom stereocenters. The average Bonchev–Trinajstić information content (AvgIpc) is 2.47. The fraction of sp³-hybridized carbons (Fsp3) is 0.615. The highest BCUT2D eigenvalue weighted by atomic mass is 32.2. The van der Waals surface area contributed by atoms with Crippen LogP contribution in [-0.4, -0.2) is 42.6 Å². The monoisotopic (exact) mass is 315 g/mol. The second-order valence-electron chi connectivity index (χ2n) is 4.88. The van der Waals surface area contributed by atoms with Gasteiger partial charge in [0.15, 0.2) is 9.84 Å². The van der Waals surface area contributed by atoms with Gasteiger partial charge in [-0.1, -0.05) is 13.0 Å². The van der Waals surface area contributed by atoms with Gasteiger partial charge in [-0.05, 0) is 13.0 Å². The Morgan fingerprint density at radius 1 is 1.60 bits per heavy atom. The minimum Gasteiger partial charge on any atom is -0.338 e. The third-order valence-electron chi connectivity index (χ3n) is 3.48. The predicted octanol–water partition coefficient (Wildman–Crippen LogP) is 1.42.